The molecular formula is C14H23N5O4. The lowest BCUT2D eigenvalue weighted by atomic mass is 10.1. The third kappa shape index (κ3) is 4.34. The zero-order valence-electron chi connectivity index (χ0n) is 13.4. The Kier molecular flexibility index (Phi) is 6.20. The number of hydrogen-bond donors (Lipinski definition) is 2. The lowest BCUT2D eigenvalue weighted by Crippen LogP contribution is -2.42. The molecular weight excluding hydrogens is 302 g/mol. The maximum Gasteiger partial charge on any atom is 0.281 e. The van der Waals surface area contributed by atoms with Crippen LogP contribution in [0.3, 0.4) is 0 Å². The maximum absolute atomic E-state index is 11.8. The highest BCUT2D eigenvalue weighted by atomic mass is 16.7. The molecule has 0 radical (unpaired) electrons. The molecule has 0 fully saturated rings. The molecule has 0 saturated heterocycles. The van der Waals surface area contributed by atoms with Crippen LogP contribution in [0.4, 0.5) is 0 Å². The number of carbonyl (C=O) groups is 1. The van der Waals surface area contributed by atoms with Crippen molar-refractivity contribution in [3.05, 3.63) is 0 Å². The van der Waals surface area contributed by atoms with E-state index in [1.165, 1.54) is 6.34 Å². The molecule has 23 heavy (non-hydrogen) atoms. The third-order valence-electron chi connectivity index (χ3n) is 3.53. The summed E-state index contributed by atoms with van der Waals surface area (Å²) >= 11 is 0. The number of fused-ring (bicyclic) bond motifs is 1. The van der Waals surface area contributed by atoms with E-state index >= 15 is 0 Å². The summed E-state index contributed by atoms with van der Waals surface area (Å²) in [6, 6.07) is -0.726. The molecule has 0 aromatic carbocycles. The van der Waals surface area contributed by atoms with Gasteiger partial charge in [0.2, 0.25) is 5.96 Å². The summed E-state index contributed by atoms with van der Waals surface area (Å²) in [5.74, 6) is -0.168. The van der Waals surface area contributed by atoms with Crippen LogP contribution in [0.5, 0.6) is 0 Å². The summed E-state index contributed by atoms with van der Waals surface area (Å²) in [6.07, 6.45) is 1.69. The van der Waals surface area contributed by atoms with Crippen molar-refractivity contribution in [2.45, 2.75) is 32.6 Å². The van der Waals surface area contributed by atoms with Crippen LogP contribution in [0.2, 0.25) is 0 Å². The quantitative estimate of drug-likeness (QED) is 0.543. The first kappa shape index (κ1) is 17.5. The highest BCUT2D eigenvalue weighted by Gasteiger charge is 2.36. The summed E-state index contributed by atoms with van der Waals surface area (Å²) in [7, 11) is 0. The van der Waals surface area contributed by atoms with Crippen molar-refractivity contribution in [3.8, 4) is 0 Å². The lowest BCUT2D eigenvalue weighted by molar-refractivity contribution is -0.148. The summed E-state index contributed by atoms with van der Waals surface area (Å²) in [5.41, 5.74) is 5.54. The number of aliphatic hydroxyl groups excluding tert-OH is 1. The fraction of sp³-hybridized carbons (Fsp3) is 0.714. The molecule has 2 heterocycles. The maximum atomic E-state index is 11.8. The van der Waals surface area contributed by atoms with Gasteiger partial charge in [0.05, 0.1) is 6.34 Å². The van der Waals surface area contributed by atoms with Crippen LogP contribution in [0.1, 0.15) is 20.3 Å². The predicted molar refractivity (Wildman–Crippen MR) is 85.3 cm³/mol. The molecule has 0 bridgehead atoms. The second-order valence-corrected chi connectivity index (χ2v) is 5.22. The summed E-state index contributed by atoms with van der Waals surface area (Å²) < 4.78 is 11.0. The predicted octanol–water partition coefficient (Wildman–Crippen LogP) is -0.650. The number of hydrogen-bond acceptors (Lipinski definition) is 8. The summed E-state index contributed by atoms with van der Waals surface area (Å²) in [4.78, 5) is 25.3. The molecule has 128 valence electrons. The Morgan fingerprint density at radius 1 is 1.35 bits per heavy atom. The lowest BCUT2D eigenvalue weighted by Gasteiger charge is -2.26. The fourth-order valence-corrected chi connectivity index (χ4v) is 2.50. The van der Waals surface area contributed by atoms with Gasteiger partial charge in [-0.25, -0.2) is 0 Å². The van der Waals surface area contributed by atoms with Crippen molar-refractivity contribution >= 4 is 24.0 Å². The minimum atomic E-state index is -0.726. The second kappa shape index (κ2) is 8.14. The molecule has 2 atom stereocenters. The average molecular weight is 325 g/mol. The molecule has 1 unspecified atom stereocenters. The number of nitrogens with two attached hydrogens (primary N) is 1. The van der Waals surface area contributed by atoms with Gasteiger partial charge < -0.3 is 25.2 Å². The Hall–Kier alpha value is -1.84. The topological polar surface area (TPSA) is 122 Å². The van der Waals surface area contributed by atoms with Gasteiger partial charge in [-0.3, -0.25) is 9.79 Å². The van der Waals surface area contributed by atoms with E-state index in [0.29, 0.717) is 32.0 Å². The van der Waals surface area contributed by atoms with Crippen molar-refractivity contribution < 1.29 is 19.4 Å². The number of rotatable bonds is 9. The molecule has 0 spiro atoms. The van der Waals surface area contributed by atoms with Gasteiger partial charge in [0, 0.05) is 38.7 Å². The van der Waals surface area contributed by atoms with Crippen molar-refractivity contribution in [2.24, 2.45) is 26.6 Å². The van der Waals surface area contributed by atoms with E-state index in [0.717, 1.165) is 0 Å². The van der Waals surface area contributed by atoms with E-state index < -0.39 is 11.9 Å². The Labute approximate surface area is 134 Å². The molecule has 2 aliphatic heterocycles. The SMILES string of the molecule is CCOC(C[C@@H](CO)CN1C=NC2C(=O)N=C(N)N=C21)OCC. The molecule has 0 aromatic heterocycles. The minimum absolute atomic E-state index is 0.0452. The van der Waals surface area contributed by atoms with Crippen LogP contribution < -0.4 is 5.73 Å². The molecule has 2 aliphatic rings. The van der Waals surface area contributed by atoms with Crippen LogP contribution in [0.15, 0.2) is 15.0 Å². The van der Waals surface area contributed by atoms with E-state index in [4.69, 9.17) is 15.2 Å². The van der Waals surface area contributed by atoms with E-state index in [-0.39, 0.29) is 24.8 Å². The largest absolute Gasteiger partial charge is 0.396 e. The number of nitrogens with zero attached hydrogens (tertiary/aromatic N) is 4. The van der Waals surface area contributed by atoms with Crippen LogP contribution in [0.25, 0.3) is 0 Å². The Balaban J connectivity index is 2.00. The van der Waals surface area contributed by atoms with Gasteiger partial charge in [-0.2, -0.15) is 9.98 Å². The average Bonchev–Trinajstić information content (AvgIpc) is 2.90. The molecule has 0 saturated carbocycles. The van der Waals surface area contributed by atoms with E-state index in [2.05, 4.69) is 15.0 Å². The van der Waals surface area contributed by atoms with E-state index in [9.17, 15) is 9.90 Å². The van der Waals surface area contributed by atoms with Crippen LogP contribution in [0, 0.1) is 5.92 Å². The molecule has 0 aromatic rings. The van der Waals surface area contributed by atoms with Gasteiger partial charge in [0.15, 0.2) is 12.3 Å². The normalized spacial score (nSPS) is 21.5. The molecule has 9 heteroatoms. The summed E-state index contributed by atoms with van der Waals surface area (Å²) in [5, 5.41) is 9.63. The zero-order valence-corrected chi connectivity index (χ0v) is 13.4. The van der Waals surface area contributed by atoms with Crippen LogP contribution in [-0.4, -0.2) is 72.7 Å². The molecule has 2 rings (SSSR count). The Bertz CT molecular complexity index is 513. The number of amides is 1. The number of aliphatic imine (C=N–C) groups is 3. The standard InChI is InChI=1S/C14H23N5O4/c1-3-22-10(23-4-2)5-9(7-20)6-19-8-16-11-12(19)17-14(15)18-13(11)21/h8-11,20H,3-7H2,1-2H3,(H2,15,18,21)/t9-,11?/m1/s1. The third-order valence-corrected chi connectivity index (χ3v) is 3.53. The first-order chi connectivity index (χ1) is 11.1. The monoisotopic (exact) mass is 325 g/mol. The van der Waals surface area contributed by atoms with Crippen molar-refractivity contribution in [3.63, 3.8) is 0 Å². The molecule has 3 N–H and O–H groups in total. The van der Waals surface area contributed by atoms with Gasteiger partial charge >= 0.3 is 0 Å². The Morgan fingerprint density at radius 3 is 2.65 bits per heavy atom. The van der Waals surface area contributed by atoms with E-state index in [1.54, 1.807) is 4.90 Å². The van der Waals surface area contributed by atoms with Gasteiger partial charge in [-0.1, -0.05) is 0 Å². The first-order valence-electron chi connectivity index (χ1n) is 7.69. The number of guanidine groups is 1. The highest BCUT2D eigenvalue weighted by Crippen LogP contribution is 2.18. The van der Waals surface area contributed by atoms with E-state index in [1.807, 2.05) is 13.8 Å². The molecule has 0 aliphatic carbocycles. The second-order valence-electron chi connectivity index (χ2n) is 5.22. The van der Waals surface area contributed by atoms with Crippen molar-refractivity contribution in [1.82, 2.24) is 4.90 Å². The number of ether oxygens (including phenoxy) is 2. The van der Waals surface area contributed by atoms with Crippen LogP contribution in [-0.2, 0) is 14.3 Å². The number of amidine groups is 1. The molecule has 9 nitrogen and oxygen atoms in total. The molecule has 1 amide bonds. The minimum Gasteiger partial charge on any atom is -0.396 e. The van der Waals surface area contributed by atoms with Crippen LogP contribution >= 0.6 is 0 Å². The number of carbonyl (C=O) groups excluding carboxylic acids is 1. The van der Waals surface area contributed by atoms with Crippen molar-refractivity contribution in [1.29, 1.82) is 0 Å². The smallest absolute Gasteiger partial charge is 0.281 e. The fourth-order valence-electron chi connectivity index (χ4n) is 2.50. The van der Waals surface area contributed by atoms with Gasteiger partial charge in [0.25, 0.3) is 5.91 Å². The number of aliphatic hydroxyl groups is 1. The van der Waals surface area contributed by atoms with Gasteiger partial charge in [0.1, 0.15) is 5.84 Å². The summed E-state index contributed by atoms with van der Waals surface area (Å²) in [6.45, 7) is 5.24. The van der Waals surface area contributed by atoms with Gasteiger partial charge in [-0.05, 0) is 13.8 Å². The zero-order chi connectivity index (χ0) is 16.8. The van der Waals surface area contributed by atoms with Gasteiger partial charge in [-0.15, -0.1) is 0 Å². The highest BCUT2D eigenvalue weighted by molar-refractivity contribution is 6.21. The first-order valence-corrected chi connectivity index (χ1v) is 7.69. The Morgan fingerprint density at radius 2 is 2.04 bits per heavy atom. The van der Waals surface area contributed by atoms with Crippen molar-refractivity contribution in [2.75, 3.05) is 26.4 Å².